The van der Waals surface area contributed by atoms with Crippen LogP contribution in [0.25, 0.3) is 0 Å². The standard InChI is InChI=1S/C5H5ClN2O2.C4H2Cl2N2O.CH3O.Na/c1-10-3-2-7-8-5(9)4(3)6;5-2-1-7-8-4(9)3(2)6;1-2;/h2H,1H3,(H,8,9);1H,(H,8,9);1H3;/q;;-1;+1. The molecule has 0 unspecified atom stereocenters. The molecule has 8 nitrogen and oxygen atoms in total. The van der Waals surface area contributed by atoms with Gasteiger partial charge in [0.2, 0.25) is 0 Å². The number of nitrogens with zero attached hydrogens (tertiary/aromatic N) is 2. The van der Waals surface area contributed by atoms with Gasteiger partial charge >= 0.3 is 29.6 Å². The van der Waals surface area contributed by atoms with Crippen LogP contribution in [0.15, 0.2) is 22.0 Å². The van der Waals surface area contributed by atoms with E-state index in [1.54, 1.807) is 0 Å². The molecule has 0 aromatic carbocycles. The topological polar surface area (TPSA) is 124 Å². The molecule has 12 heteroatoms. The summed E-state index contributed by atoms with van der Waals surface area (Å²) in [5.74, 6) is 0.283. The molecule has 2 heterocycles. The van der Waals surface area contributed by atoms with Crippen LogP contribution in [0.2, 0.25) is 15.1 Å². The van der Waals surface area contributed by atoms with Crippen molar-refractivity contribution in [3.05, 3.63) is 48.2 Å². The van der Waals surface area contributed by atoms with Gasteiger partial charge in [-0.3, -0.25) is 9.59 Å². The number of hydrogen-bond donors (Lipinski definition) is 2. The Bertz CT molecular complexity index is 680. The third kappa shape index (κ3) is 7.59. The first-order chi connectivity index (χ1) is 9.97. The van der Waals surface area contributed by atoms with E-state index in [9.17, 15) is 9.59 Å². The Morgan fingerprint density at radius 2 is 1.45 bits per heavy atom. The largest absolute Gasteiger partial charge is 1.00 e. The summed E-state index contributed by atoms with van der Waals surface area (Å²) >= 11 is 16.2. The van der Waals surface area contributed by atoms with Crippen LogP contribution in [0.4, 0.5) is 0 Å². The number of rotatable bonds is 1. The molecule has 2 aromatic heterocycles. The van der Waals surface area contributed by atoms with E-state index in [1.165, 1.54) is 19.5 Å². The molecular weight excluding hydrogens is 369 g/mol. The van der Waals surface area contributed by atoms with Crippen LogP contribution >= 0.6 is 34.8 Å². The number of aromatic amines is 2. The molecule has 0 radical (unpaired) electrons. The van der Waals surface area contributed by atoms with Crippen molar-refractivity contribution in [1.29, 1.82) is 0 Å². The normalized spacial score (nSPS) is 8.45. The molecule has 0 fully saturated rings. The van der Waals surface area contributed by atoms with Crippen molar-refractivity contribution < 1.29 is 39.4 Å². The summed E-state index contributed by atoms with van der Waals surface area (Å²) in [7, 11) is 2.17. The van der Waals surface area contributed by atoms with Gasteiger partial charge in [-0.2, -0.15) is 17.3 Å². The summed E-state index contributed by atoms with van der Waals surface area (Å²) in [6, 6.07) is 0. The zero-order chi connectivity index (χ0) is 16.4. The van der Waals surface area contributed by atoms with Crippen molar-refractivity contribution in [2.45, 2.75) is 0 Å². The number of ether oxygens (including phenoxy) is 1. The summed E-state index contributed by atoms with van der Waals surface area (Å²) in [6.45, 7) is 0. The van der Waals surface area contributed by atoms with Gasteiger partial charge in [0.25, 0.3) is 11.1 Å². The van der Waals surface area contributed by atoms with Gasteiger partial charge in [0.15, 0.2) is 10.8 Å². The van der Waals surface area contributed by atoms with Crippen LogP contribution in [0.3, 0.4) is 0 Å². The Kier molecular flexibility index (Phi) is 13.9. The number of aromatic nitrogens is 4. The number of hydrogen-bond acceptors (Lipinski definition) is 6. The van der Waals surface area contributed by atoms with E-state index in [0.29, 0.717) is 0 Å². The fourth-order valence-electron chi connectivity index (χ4n) is 0.871. The molecule has 2 aromatic rings. The zero-order valence-corrected chi connectivity index (χ0v) is 16.1. The van der Waals surface area contributed by atoms with Crippen LogP contribution < -0.4 is 50.5 Å². The van der Waals surface area contributed by atoms with Gasteiger partial charge in [-0.25, -0.2) is 10.2 Å². The first-order valence-corrected chi connectivity index (χ1v) is 6.17. The molecule has 0 aliphatic rings. The molecule has 0 saturated carbocycles. The maximum Gasteiger partial charge on any atom is 1.00 e. The fourth-order valence-corrected chi connectivity index (χ4v) is 1.27. The second kappa shape index (κ2) is 12.9. The van der Waals surface area contributed by atoms with E-state index in [-0.39, 0.29) is 50.4 Å². The average molecular weight is 380 g/mol. The third-order valence-corrected chi connectivity index (χ3v) is 2.85. The van der Waals surface area contributed by atoms with E-state index < -0.39 is 11.1 Å². The summed E-state index contributed by atoms with van der Waals surface area (Å²) in [5, 5.41) is 19.6. The molecule has 2 rings (SSSR count). The van der Waals surface area contributed by atoms with Crippen LogP contribution in [-0.2, 0) is 0 Å². The summed E-state index contributed by atoms with van der Waals surface area (Å²) in [5.41, 5.74) is -0.912. The Balaban J connectivity index is 0. The maximum atomic E-state index is 10.7. The molecule has 116 valence electrons. The molecule has 0 saturated heterocycles. The van der Waals surface area contributed by atoms with Gasteiger partial charge in [0.05, 0.1) is 24.5 Å². The van der Waals surface area contributed by atoms with Crippen molar-refractivity contribution >= 4 is 34.8 Å². The number of methoxy groups -OCH3 is 1. The third-order valence-electron chi connectivity index (χ3n) is 1.74. The predicted molar refractivity (Wildman–Crippen MR) is 77.2 cm³/mol. The van der Waals surface area contributed by atoms with Gasteiger partial charge in [0.1, 0.15) is 5.02 Å². The zero-order valence-electron chi connectivity index (χ0n) is 11.8. The summed E-state index contributed by atoms with van der Waals surface area (Å²) in [6.07, 6.45) is 2.61. The Morgan fingerprint density at radius 3 is 1.82 bits per heavy atom. The van der Waals surface area contributed by atoms with Crippen LogP contribution in [0.1, 0.15) is 0 Å². The average Bonchev–Trinajstić information content (AvgIpc) is 2.50. The molecule has 0 aliphatic heterocycles. The minimum absolute atomic E-state index is 0. The van der Waals surface area contributed by atoms with Crippen LogP contribution in [0, 0.1) is 0 Å². The van der Waals surface area contributed by atoms with E-state index in [1.807, 2.05) is 0 Å². The molecule has 0 atom stereocenters. The maximum absolute atomic E-state index is 10.7. The van der Waals surface area contributed by atoms with E-state index in [0.717, 1.165) is 7.11 Å². The Hall–Kier alpha value is -0.610. The van der Waals surface area contributed by atoms with Crippen LogP contribution in [-0.4, -0.2) is 34.6 Å². The SMILES string of the molecule is COc1cn[nH]c(=O)c1Cl.C[O-].O=c1[nH]ncc(Cl)c1Cl.[Na+]. The Labute approximate surface area is 162 Å². The van der Waals surface area contributed by atoms with Gasteiger partial charge in [-0.05, 0) is 0 Å². The van der Waals surface area contributed by atoms with Crippen LogP contribution in [0.5, 0.6) is 5.75 Å². The smallest absolute Gasteiger partial charge is 0.857 e. The molecule has 0 aliphatic carbocycles. The fraction of sp³-hybridized carbons (Fsp3) is 0.200. The van der Waals surface area contributed by atoms with Gasteiger partial charge < -0.3 is 9.84 Å². The predicted octanol–water partition coefficient (Wildman–Crippen LogP) is -2.51. The summed E-state index contributed by atoms with van der Waals surface area (Å²) < 4.78 is 4.71. The molecule has 0 amide bonds. The molecule has 0 spiro atoms. The van der Waals surface area contributed by atoms with E-state index in [4.69, 9.17) is 44.6 Å². The number of nitrogens with one attached hydrogen (secondary N) is 2. The summed E-state index contributed by atoms with van der Waals surface area (Å²) in [4.78, 5) is 21.2. The first-order valence-electron chi connectivity index (χ1n) is 5.04. The Morgan fingerprint density at radius 1 is 1.00 bits per heavy atom. The number of halogens is 3. The molecule has 0 bridgehead atoms. The first kappa shape index (κ1) is 23.7. The van der Waals surface area contributed by atoms with Gasteiger partial charge in [0, 0.05) is 0 Å². The van der Waals surface area contributed by atoms with Gasteiger partial charge in [-0.1, -0.05) is 34.8 Å². The monoisotopic (exact) mass is 378 g/mol. The van der Waals surface area contributed by atoms with Crippen molar-refractivity contribution in [2.24, 2.45) is 0 Å². The van der Waals surface area contributed by atoms with Crippen molar-refractivity contribution in [3.8, 4) is 5.75 Å². The second-order valence-electron chi connectivity index (χ2n) is 2.94. The van der Waals surface area contributed by atoms with Gasteiger partial charge in [-0.15, -0.1) is 0 Å². The minimum Gasteiger partial charge on any atom is -0.857 e. The second-order valence-corrected chi connectivity index (χ2v) is 4.11. The van der Waals surface area contributed by atoms with Crippen molar-refractivity contribution in [2.75, 3.05) is 14.2 Å². The number of H-pyrrole nitrogens is 2. The van der Waals surface area contributed by atoms with E-state index in [2.05, 4.69) is 20.4 Å². The van der Waals surface area contributed by atoms with E-state index >= 15 is 0 Å². The van der Waals surface area contributed by atoms with Crippen molar-refractivity contribution in [3.63, 3.8) is 0 Å². The molecular formula is C10H10Cl3N4NaO4. The van der Waals surface area contributed by atoms with Crippen molar-refractivity contribution in [1.82, 2.24) is 20.4 Å². The molecule has 2 N–H and O–H groups in total. The quantitative estimate of drug-likeness (QED) is 0.528. The minimum atomic E-state index is -0.468. The molecule has 22 heavy (non-hydrogen) atoms.